The van der Waals surface area contributed by atoms with E-state index in [1.807, 2.05) is 61.5 Å². The summed E-state index contributed by atoms with van der Waals surface area (Å²) in [5.74, 6) is -0.179. The third-order valence-corrected chi connectivity index (χ3v) is 4.51. The standard InChI is InChI=1S/C20H18BrN3O2/c1-2-23(17-6-4-3-5-7-17)20(26)14-24-19(25)13-12-18(22-24)15-8-10-16(21)11-9-15/h3-13H,2,14H2,1H3. The van der Waals surface area contributed by atoms with Crippen LogP contribution in [0.5, 0.6) is 0 Å². The largest absolute Gasteiger partial charge is 0.311 e. The summed E-state index contributed by atoms with van der Waals surface area (Å²) in [4.78, 5) is 26.5. The molecule has 0 aliphatic carbocycles. The zero-order valence-electron chi connectivity index (χ0n) is 14.3. The first-order valence-electron chi connectivity index (χ1n) is 8.28. The van der Waals surface area contributed by atoms with Gasteiger partial charge in [0.25, 0.3) is 5.56 Å². The third kappa shape index (κ3) is 4.08. The normalized spacial score (nSPS) is 10.5. The van der Waals surface area contributed by atoms with Crippen LogP contribution in [0.3, 0.4) is 0 Å². The highest BCUT2D eigenvalue weighted by Gasteiger charge is 2.16. The van der Waals surface area contributed by atoms with Gasteiger partial charge in [0.15, 0.2) is 0 Å². The fourth-order valence-electron chi connectivity index (χ4n) is 2.66. The van der Waals surface area contributed by atoms with Crippen LogP contribution in [0.25, 0.3) is 11.3 Å². The Balaban J connectivity index is 1.87. The summed E-state index contributed by atoms with van der Waals surface area (Å²) in [5.41, 5.74) is 2.03. The minimum absolute atomic E-state index is 0.105. The van der Waals surface area contributed by atoms with Crippen molar-refractivity contribution in [1.82, 2.24) is 9.78 Å². The number of para-hydroxylation sites is 1. The minimum Gasteiger partial charge on any atom is -0.311 e. The lowest BCUT2D eigenvalue weighted by Crippen LogP contribution is -2.37. The van der Waals surface area contributed by atoms with Crippen LogP contribution in [0.4, 0.5) is 5.69 Å². The Hall–Kier alpha value is -2.73. The molecule has 1 aromatic heterocycles. The molecule has 0 N–H and O–H groups in total. The number of amides is 1. The maximum Gasteiger partial charge on any atom is 0.267 e. The second kappa shape index (κ2) is 8.10. The average molecular weight is 412 g/mol. The van der Waals surface area contributed by atoms with Crippen LogP contribution in [-0.4, -0.2) is 22.2 Å². The summed E-state index contributed by atoms with van der Waals surface area (Å²) in [7, 11) is 0. The molecule has 5 nitrogen and oxygen atoms in total. The molecule has 0 saturated carbocycles. The van der Waals surface area contributed by atoms with Gasteiger partial charge in [0.2, 0.25) is 5.91 Å². The predicted octanol–water partition coefficient (Wildman–Crippen LogP) is 3.73. The second-order valence-corrected chi connectivity index (χ2v) is 6.61. The van der Waals surface area contributed by atoms with Crippen molar-refractivity contribution < 1.29 is 4.79 Å². The fraction of sp³-hybridized carbons (Fsp3) is 0.150. The van der Waals surface area contributed by atoms with Crippen LogP contribution < -0.4 is 10.5 Å². The number of rotatable bonds is 5. The van der Waals surface area contributed by atoms with Gasteiger partial charge >= 0.3 is 0 Å². The number of carbonyl (C=O) groups excluding carboxylic acids is 1. The van der Waals surface area contributed by atoms with Gasteiger partial charge in [0.05, 0.1) is 5.69 Å². The molecule has 132 valence electrons. The van der Waals surface area contributed by atoms with E-state index in [9.17, 15) is 9.59 Å². The second-order valence-electron chi connectivity index (χ2n) is 5.69. The molecule has 0 fully saturated rings. The van der Waals surface area contributed by atoms with Gasteiger partial charge in [-0.25, -0.2) is 4.68 Å². The Labute approximate surface area is 160 Å². The molecule has 1 heterocycles. The van der Waals surface area contributed by atoms with Crippen LogP contribution in [0, 0.1) is 0 Å². The quantitative estimate of drug-likeness (QED) is 0.642. The first kappa shape index (κ1) is 18.1. The van der Waals surface area contributed by atoms with E-state index in [4.69, 9.17) is 0 Å². The van der Waals surface area contributed by atoms with Gasteiger partial charge in [-0.1, -0.05) is 46.3 Å². The molecular weight excluding hydrogens is 394 g/mol. The number of hydrogen-bond acceptors (Lipinski definition) is 3. The van der Waals surface area contributed by atoms with Gasteiger partial charge in [-0.2, -0.15) is 5.10 Å². The van der Waals surface area contributed by atoms with Crippen molar-refractivity contribution >= 4 is 27.5 Å². The van der Waals surface area contributed by atoms with Gasteiger partial charge in [0, 0.05) is 28.3 Å². The number of anilines is 1. The van der Waals surface area contributed by atoms with E-state index in [2.05, 4.69) is 21.0 Å². The van der Waals surface area contributed by atoms with Crippen LogP contribution in [0.1, 0.15) is 6.92 Å². The van der Waals surface area contributed by atoms with Crippen molar-refractivity contribution in [2.24, 2.45) is 0 Å². The molecule has 3 aromatic rings. The monoisotopic (exact) mass is 411 g/mol. The lowest BCUT2D eigenvalue weighted by atomic mass is 10.1. The highest BCUT2D eigenvalue weighted by molar-refractivity contribution is 9.10. The molecule has 0 aliphatic heterocycles. The minimum atomic E-state index is -0.302. The van der Waals surface area contributed by atoms with Crippen molar-refractivity contribution in [2.45, 2.75) is 13.5 Å². The van der Waals surface area contributed by atoms with E-state index < -0.39 is 0 Å². The SMILES string of the molecule is CCN(C(=O)Cn1nc(-c2ccc(Br)cc2)ccc1=O)c1ccccc1. The van der Waals surface area contributed by atoms with Gasteiger partial charge in [-0.15, -0.1) is 0 Å². The third-order valence-electron chi connectivity index (χ3n) is 3.98. The number of aromatic nitrogens is 2. The molecule has 6 heteroatoms. The van der Waals surface area contributed by atoms with Crippen molar-refractivity contribution in [3.05, 3.63) is 81.6 Å². The molecule has 1 amide bonds. The number of carbonyl (C=O) groups is 1. The Morgan fingerprint density at radius 2 is 1.73 bits per heavy atom. The zero-order valence-corrected chi connectivity index (χ0v) is 15.9. The molecule has 0 bridgehead atoms. The summed E-state index contributed by atoms with van der Waals surface area (Å²) in [5, 5.41) is 4.36. The molecule has 0 spiro atoms. The molecule has 0 aliphatic rings. The predicted molar refractivity (Wildman–Crippen MR) is 106 cm³/mol. The molecule has 0 atom stereocenters. The van der Waals surface area contributed by atoms with Crippen molar-refractivity contribution in [3.8, 4) is 11.3 Å². The van der Waals surface area contributed by atoms with Crippen LogP contribution >= 0.6 is 15.9 Å². The van der Waals surface area contributed by atoms with E-state index >= 15 is 0 Å². The van der Waals surface area contributed by atoms with E-state index in [1.165, 1.54) is 10.7 Å². The number of nitrogens with zero attached hydrogens (tertiary/aromatic N) is 3. The lowest BCUT2D eigenvalue weighted by molar-refractivity contribution is -0.119. The summed E-state index contributed by atoms with van der Waals surface area (Å²) < 4.78 is 2.18. The van der Waals surface area contributed by atoms with E-state index in [0.29, 0.717) is 12.2 Å². The molecule has 26 heavy (non-hydrogen) atoms. The van der Waals surface area contributed by atoms with Gasteiger partial charge in [0.1, 0.15) is 6.54 Å². The number of hydrogen-bond donors (Lipinski definition) is 0. The zero-order chi connectivity index (χ0) is 18.5. The fourth-order valence-corrected chi connectivity index (χ4v) is 2.93. The van der Waals surface area contributed by atoms with Crippen LogP contribution in [0.2, 0.25) is 0 Å². The summed E-state index contributed by atoms with van der Waals surface area (Å²) >= 11 is 3.40. The number of benzene rings is 2. The molecule has 0 unspecified atom stereocenters. The highest BCUT2D eigenvalue weighted by Crippen LogP contribution is 2.19. The van der Waals surface area contributed by atoms with E-state index in [0.717, 1.165) is 15.7 Å². The molecular formula is C20H18BrN3O2. The van der Waals surface area contributed by atoms with Gasteiger partial charge < -0.3 is 4.90 Å². The molecule has 0 radical (unpaired) electrons. The number of halogens is 1. The Morgan fingerprint density at radius 3 is 2.38 bits per heavy atom. The molecule has 0 saturated heterocycles. The summed E-state index contributed by atoms with van der Waals surface area (Å²) in [6.07, 6.45) is 0. The van der Waals surface area contributed by atoms with Crippen molar-refractivity contribution in [2.75, 3.05) is 11.4 Å². The van der Waals surface area contributed by atoms with Crippen LogP contribution in [0.15, 0.2) is 76.0 Å². The van der Waals surface area contributed by atoms with Crippen molar-refractivity contribution in [1.29, 1.82) is 0 Å². The summed E-state index contributed by atoms with van der Waals surface area (Å²) in [6.45, 7) is 2.31. The topological polar surface area (TPSA) is 55.2 Å². The molecule has 2 aromatic carbocycles. The Kier molecular flexibility index (Phi) is 5.63. The Morgan fingerprint density at radius 1 is 1.04 bits per heavy atom. The van der Waals surface area contributed by atoms with Crippen LogP contribution in [-0.2, 0) is 11.3 Å². The lowest BCUT2D eigenvalue weighted by Gasteiger charge is -2.21. The van der Waals surface area contributed by atoms with Crippen molar-refractivity contribution in [3.63, 3.8) is 0 Å². The highest BCUT2D eigenvalue weighted by atomic mass is 79.9. The smallest absolute Gasteiger partial charge is 0.267 e. The Bertz CT molecular complexity index is 953. The van der Waals surface area contributed by atoms with Gasteiger partial charge in [-0.3, -0.25) is 9.59 Å². The summed E-state index contributed by atoms with van der Waals surface area (Å²) in [6, 6.07) is 20.1. The average Bonchev–Trinajstić information content (AvgIpc) is 2.66. The first-order valence-corrected chi connectivity index (χ1v) is 9.07. The maximum atomic E-state index is 12.7. The number of likely N-dealkylation sites (N-methyl/N-ethyl adjacent to an activating group) is 1. The molecule has 3 rings (SSSR count). The van der Waals surface area contributed by atoms with Gasteiger partial charge in [-0.05, 0) is 37.3 Å². The van der Waals surface area contributed by atoms with E-state index in [-0.39, 0.29) is 18.0 Å². The first-order chi connectivity index (χ1) is 12.6. The van der Waals surface area contributed by atoms with E-state index in [1.54, 1.807) is 11.0 Å². The maximum absolute atomic E-state index is 12.7.